The maximum absolute atomic E-state index is 15.1. The zero-order chi connectivity index (χ0) is 24.9. The average Bonchev–Trinajstić information content (AvgIpc) is 2.85. The van der Waals surface area contributed by atoms with Gasteiger partial charge >= 0.3 is 5.97 Å². The maximum atomic E-state index is 15.1. The fraction of sp³-hybridized carbons (Fsp3) is 0.414. The predicted molar refractivity (Wildman–Crippen MR) is 129 cm³/mol. The molecule has 0 aliphatic heterocycles. The van der Waals surface area contributed by atoms with Crippen LogP contribution in [0.25, 0.3) is 0 Å². The molecule has 0 saturated heterocycles. The Kier molecular flexibility index (Phi) is 7.99. The summed E-state index contributed by atoms with van der Waals surface area (Å²) < 4.78 is 54.6. The average molecular weight is 485 g/mol. The SMILES string of the molecule is C=CCOc1ccc(OC(=O)c2ccc(C3CCC4CC(/C=C/C)CCC4C3)c(F)c2F)c(F)c1. The van der Waals surface area contributed by atoms with Gasteiger partial charge in [0.1, 0.15) is 12.4 Å². The first-order valence-corrected chi connectivity index (χ1v) is 12.3. The summed E-state index contributed by atoms with van der Waals surface area (Å²) in [6, 6.07) is 6.39. The highest BCUT2D eigenvalue weighted by Gasteiger charge is 2.36. The lowest BCUT2D eigenvalue weighted by molar-refractivity contribution is 0.0721. The van der Waals surface area contributed by atoms with Crippen molar-refractivity contribution >= 4 is 5.97 Å². The van der Waals surface area contributed by atoms with Crippen LogP contribution in [0.1, 0.15) is 67.3 Å². The van der Waals surface area contributed by atoms with Crippen LogP contribution in [0.5, 0.6) is 11.5 Å². The van der Waals surface area contributed by atoms with Crippen LogP contribution in [0.2, 0.25) is 0 Å². The number of halogens is 3. The number of fused-ring (bicyclic) bond motifs is 1. The van der Waals surface area contributed by atoms with E-state index in [0.717, 1.165) is 38.2 Å². The van der Waals surface area contributed by atoms with Crippen molar-refractivity contribution < 1.29 is 27.4 Å². The molecule has 4 rings (SSSR count). The van der Waals surface area contributed by atoms with Crippen LogP contribution in [0, 0.1) is 35.2 Å². The smallest absolute Gasteiger partial charge is 0.346 e. The molecule has 4 unspecified atom stereocenters. The number of rotatable bonds is 7. The summed E-state index contributed by atoms with van der Waals surface area (Å²) in [4.78, 5) is 12.5. The van der Waals surface area contributed by atoms with Crippen LogP contribution in [0.15, 0.2) is 55.1 Å². The molecule has 2 aliphatic rings. The van der Waals surface area contributed by atoms with E-state index in [1.165, 1.54) is 36.8 Å². The van der Waals surface area contributed by atoms with Crippen molar-refractivity contribution in [2.45, 2.75) is 51.4 Å². The first kappa shape index (κ1) is 25.1. The second-order valence-electron chi connectivity index (χ2n) is 9.54. The summed E-state index contributed by atoms with van der Waals surface area (Å²) in [6.45, 7) is 5.75. The fourth-order valence-electron chi connectivity index (χ4n) is 5.66. The van der Waals surface area contributed by atoms with Crippen molar-refractivity contribution in [3.8, 4) is 11.5 Å². The molecule has 35 heavy (non-hydrogen) atoms. The van der Waals surface area contributed by atoms with E-state index in [0.29, 0.717) is 23.3 Å². The highest BCUT2D eigenvalue weighted by atomic mass is 19.2. The van der Waals surface area contributed by atoms with Crippen LogP contribution >= 0.6 is 0 Å². The Balaban J connectivity index is 1.44. The molecular formula is C29H31F3O3. The van der Waals surface area contributed by atoms with E-state index in [-0.39, 0.29) is 18.3 Å². The van der Waals surface area contributed by atoms with Crippen molar-refractivity contribution in [3.05, 3.63) is 83.7 Å². The van der Waals surface area contributed by atoms with Gasteiger partial charge in [-0.25, -0.2) is 18.0 Å². The first-order valence-electron chi connectivity index (χ1n) is 12.3. The standard InChI is InChI=1S/C29H31F3O3/c1-3-5-18-6-7-20-16-21(9-8-19(20)15-18)23-11-12-24(28(32)27(23)31)29(33)35-26-13-10-22(17-25(26)30)34-14-4-2/h3-5,10-13,17-21H,2,6-9,14-16H2,1H3/b5-3+. The molecule has 186 valence electrons. The third kappa shape index (κ3) is 5.63. The second kappa shape index (κ2) is 11.1. The summed E-state index contributed by atoms with van der Waals surface area (Å²) in [5, 5.41) is 0. The third-order valence-electron chi connectivity index (χ3n) is 7.36. The zero-order valence-corrected chi connectivity index (χ0v) is 19.9. The Labute approximate surface area is 204 Å². The first-order chi connectivity index (χ1) is 16.9. The Morgan fingerprint density at radius 2 is 1.80 bits per heavy atom. The van der Waals surface area contributed by atoms with Gasteiger partial charge in [0.25, 0.3) is 0 Å². The normalized spacial score (nSPS) is 24.1. The Bertz CT molecular complexity index is 1110. The van der Waals surface area contributed by atoms with E-state index in [9.17, 15) is 13.6 Å². The van der Waals surface area contributed by atoms with Crippen LogP contribution in [0.4, 0.5) is 13.2 Å². The minimum atomic E-state index is -1.25. The van der Waals surface area contributed by atoms with Crippen molar-refractivity contribution in [1.82, 2.24) is 0 Å². The summed E-state index contributed by atoms with van der Waals surface area (Å²) in [6.07, 6.45) is 11.9. The maximum Gasteiger partial charge on any atom is 0.346 e. The van der Waals surface area contributed by atoms with Gasteiger partial charge in [0, 0.05) is 6.07 Å². The summed E-state index contributed by atoms with van der Waals surface area (Å²) in [5.41, 5.74) is -0.249. The molecule has 0 spiro atoms. The number of carbonyl (C=O) groups is 1. The molecule has 6 heteroatoms. The molecule has 4 atom stereocenters. The Morgan fingerprint density at radius 3 is 2.54 bits per heavy atom. The van der Waals surface area contributed by atoms with Gasteiger partial charge in [0.15, 0.2) is 23.2 Å². The summed E-state index contributed by atoms with van der Waals surface area (Å²) in [5.74, 6) is -2.73. The quantitative estimate of drug-likeness (QED) is 0.229. The molecular weight excluding hydrogens is 453 g/mol. The monoisotopic (exact) mass is 484 g/mol. The lowest BCUT2D eigenvalue weighted by Crippen LogP contribution is -2.30. The number of esters is 1. The molecule has 3 nitrogen and oxygen atoms in total. The molecule has 0 heterocycles. The molecule has 0 N–H and O–H groups in total. The van der Waals surface area contributed by atoms with Crippen molar-refractivity contribution in [2.24, 2.45) is 17.8 Å². The Morgan fingerprint density at radius 1 is 1.03 bits per heavy atom. The van der Waals surface area contributed by atoms with Crippen LogP contribution in [-0.4, -0.2) is 12.6 Å². The summed E-state index contributed by atoms with van der Waals surface area (Å²) in [7, 11) is 0. The van der Waals surface area contributed by atoms with Gasteiger partial charge in [-0.3, -0.25) is 0 Å². The minimum Gasteiger partial charge on any atom is -0.489 e. The van der Waals surface area contributed by atoms with E-state index in [1.807, 2.05) is 6.92 Å². The van der Waals surface area contributed by atoms with Crippen LogP contribution in [-0.2, 0) is 0 Å². The van der Waals surface area contributed by atoms with Crippen molar-refractivity contribution in [2.75, 3.05) is 6.61 Å². The highest BCUT2D eigenvalue weighted by Crippen LogP contribution is 2.48. The largest absolute Gasteiger partial charge is 0.489 e. The highest BCUT2D eigenvalue weighted by molar-refractivity contribution is 5.91. The second-order valence-corrected chi connectivity index (χ2v) is 9.54. The number of carbonyl (C=O) groups excluding carboxylic acids is 1. The van der Waals surface area contributed by atoms with Gasteiger partial charge < -0.3 is 9.47 Å². The molecule has 0 aromatic heterocycles. The fourth-order valence-corrected chi connectivity index (χ4v) is 5.66. The number of allylic oxidation sites excluding steroid dienone is 2. The molecule has 2 aromatic carbocycles. The van der Waals surface area contributed by atoms with Crippen molar-refractivity contribution in [1.29, 1.82) is 0 Å². The molecule has 0 radical (unpaired) electrons. The van der Waals surface area contributed by atoms with Crippen LogP contribution in [0.3, 0.4) is 0 Å². The van der Waals surface area contributed by atoms with Gasteiger partial charge in [0.2, 0.25) is 0 Å². The summed E-state index contributed by atoms with van der Waals surface area (Å²) >= 11 is 0. The van der Waals surface area contributed by atoms with Gasteiger partial charge in [0.05, 0.1) is 5.56 Å². The Hall–Kier alpha value is -3.02. The van der Waals surface area contributed by atoms with E-state index < -0.39 is 34.7 Å². The van der Waals surface area contributed by atoms with E-state index >= 15 is 4.39 Å². The van der Waals surface area contributed by atoms with E-state index in [1.54, 1.807) is 0 Å². The predicted octanol–water partition coefficient (Wildman–Crippen LogP) is 7.76. The van der Waals surface area contributed by atoms with Gasteiger partial charge in [-0.15, -0.1) is 0 Å². The van der Waals surface area contributed by atoms with Crippen molar-refractivity contribution in [3.63, 3.8) is 0 Å². The molecule has 2 aliphatic carbocycles. The molecule has 2 saturated carbocycles. The van der Waals surface area contributed by atoms with Gasteiger partial charge in [-0.2, -0.15) is 0 Å². The number of hydrogen-bond acceptors (Lipinski definition) is 3. The number of hydrogen-bond donors (Lipinski definition) is 0. The molecule has 0 bridgehead atoms. The van der Waals surface area contributed by atoms with Gasteiger partial charge in [-0.05, 0) is 92.9 Å². The zero-order valence-electron chi connectivity index (χ0n) is 19.9. The van der Waals surface area contributed by atoms with Crippen LogP contribution < -0.4 is 9.47 Å². The lowest BCUT2D eigenvalue weighted by atomic mass is 9.64. The van der Waals surface area contributed by atoms with Gasteiger partial charge in [-0.1, -0.05) is 30.9 Å². The van der Waals surface area contributed by atoms with E-state index in [4.69, 9.17) is 9.47 Å². The lowest BCUT2D eigenvalue weighted by Gasteiger charge is -2.42. The molecule has 2 aromatic rings. The van der Waals surface area contributed by atoms with E-state index in [2.05, 4.69) is 18.7 Å². The number of benzene rings is 2. The topological polar surface area (TPSA) is 35.5 Å². The molecule has 0 amide bonds. The minimum absolute atomic E-state index is 0.0744. The molecule has 2 fully saturated rings. The number of ether oxygens (including phenoxy) is 2. The third-order valence-corrected chi connectivity index (χ3v) is 7.36.